The van der Waals surface area contributed by atoms with Crippen molar-refractivity contribution in [3.05, 3.63) is 44.9 Å². The van der Waals surface area contributed by atoms with E-state index in [2.05, 4.69) is 57.4 Å². The Labute approximate surface area is 114 Å². The lowest BCUT2D eigenvalue weighted by Gasteiger charge is -2.03. The average molecular weight is 311 g/mol. The summed E-state index contributed by atoms with van der Waals surface area (Å²) in [5.74, 6) is 0. The molecule has 0 fully saturated rings. The lowest BCUT2D eigenvalue weighted by molar-refractivity contribution is 0.958. The Bertz CT molecular complexity index is 508. The summed E-state index contributed by atoms with van der Waals surface area (Å²) in [7, 11) is 1.90. The molecule has 0 radical (unpaired) electrons. The van der Waals surface area contributed by atoms with Gasteiger partial charge in [0, 0.05) is 11.9 Å². The fourth-order valence-corrected chi connectivity index (χ4v) is 3.28. The van der Waals surface area contributed by atoms with Gasteiger partial charge in [0.2, 0.25) is 0 Å². The second kappa shape index (κ2) is 5.65. The van der Waals surface area contributed by atoms with Crippen molar-refractivity contribution in [3.63, 3.8) is 0 Å². The number of halogens is 1. The predicted molar refractivity (Wildman–Crippen MR) is 77.9 cm³/mol. The van der Waals surface area contributed by atoms with Crippen LogP contribution in [0.4, 0.5) is 5.13 Å². The Morgan fingerprint density at radius 1 is 1.29 bits per heavy atom. The van der Waals surface area contributed by atoms with Crippen LogP contribution in [-0.4, -0.2) is 12.0 Å². The van der Waals surface area contributed by atoms with E-state index in [0.29, 0.717) is 0 Å². The molecule has 2 aromatic rings. The van der Waals surface area contributed by atoms with Gasteiger partial charge in [-0.1, -0.05) is 24.3 Å². The predicted octanol–water partition coefficient (Wildman–Crippen LogP) is 4.04. The van der Waals surface area contributed by atoms with Crippen LogP contribution in [0, 0.1) is 6.92 Å². The highest BCUT2D eigenvalue weighted by Crippen LogP contribution is 2.28. The summed E-state index contributed by atoms with van der Waals surface area (Å²) in [5.41, 5.74) is 2.78. The average Bonchev–Trinajstić information content (AvgIpc) is 2.69. The number of hydrogen-bond donors (Lipinski definition) is 1. The minimum Gasteiger partial charge on any atom is -0.365 e. The first-order valence-electron chi connectivity index (χ1n) is 5.58. The molecule has 0 saturated heterocycles. The molecule has 1 heterocycles. The molecule has 0 spiro atoms. The van der Waals surface area contributed by atoms with Crippen molar-refractivity contribution in [2.45, 2.75) is 19.8 Å². The largest absolute Gasteiger partial charge is 0.365 e. The lowest BCUT2D eigenvalue weighted by Crippen LogP contribution is -1.92. The summed E-state index contributed by atoms with van der Waals surface area (Å²) in [5, 5.41) is 4.04. The van der Waals surface area contributed by atoms with Crippen molar-refractivity contribution in [2.24, 2.45) is 0 Å². The molecule has 0 atom stereocenters. The lowest BCUT2D eigenvalue weighted by atomic mass is 10.0. The molecule has 1 aromatic carbocycles. The number of rotatable bonds is 4. The zero-order valence-electron chi connectivity index (χ0n) is 9.96. The molecular weight excluding hydrogens is 296 g/mol. The Morgan fingerprint density at radius 2 is 2.06 bits per heavy atom. The maximum absolute atomic E-state index is 4.39. The van der Waals surface area contributed by atoms with Crippen molar-refractivity contribution in [3.8, 4) is 0 Å². The molecule has 0 bridgehead atoms. The van der Waals surface area contributed by atoms with Crippen LogP contribution in [0.5, 0.6) is 0 Å². The summed E-state index contributed by atoms with van der Waals surface area (Å²) >= 11 is 5.22. The highest BCUT2D eigenvalue weighted by atomic mass is 79.9. The molecule has 0 aliphatic carbocycles. The highest BCUT2D eigenvalue weighted by molar-refractivity contribution is 9.10. The molecule has 2 rings (SSSR count). The van der Waals surface area contributed by atoms with E-state index in [9.17, 15) is 0 Å². The van der Waals surface area contributed by atoms with E-state index >= 15 is 0 Å². The van der Waals surface area contributed by atoms with Crippen molar-refractivity contribution in [2.75, 3.05) is 12.4 Å². The topological polar surface area (TPSA) is 24.9 Å². The molecule has 4 heteroatoms. The minimum atomic E-state index is 0.969. The van der Waals surface area contributed by atoms with Gasteiger partial charge in [-0.2, -0.15) is 0 Å². The van der Waals surface area contributed by atoms with E-state index in [-0.39, 0.29) is 0 Å². The Morgan fingerprint density at radius 3 is 2.71 bits per heavy atom. The van der Waals surface area contributed by atoms with Crippen molar-refractivity contribution >= 4 is 32.4 Å². The van der Waals surface area contributed by atoms with Crippen molar-refractivity contribution in [1.29, 1.82) is 0 Å². The van der Waals surface area contributed by atoms with Crippen LogP contribution in [0.2, 0.25) is 0 Å². The number of anilines is 1. The van der Waals surface area contributed by atoms with Crippen LogP contribution < -0.4 is 5.32 Å². The van der Waals surface area contributed by atoms with Crippen LogP contribution >= 0.6 is 27.3 Å². The maximum atomic E-state index is 4.39. The summed E-state index contributed by atoms with van der Waals surface area (Å²) in [6, 6.07) is 8.54. The first kappa shape index (κ1) is 12.6. The van der Waals surface area contributed by atoms with Crippen LogP contribution in [0.3, 0.4) is 0 Å². The van der Waals surface area contributed by atoms with E-state index in [4.69, 9.17) is 0 Å². The zero-order chi connectivity index (χ0) is 12.3. The van der Waals surface area contributed by atoms with E-state index in [1.165, 1.54) is 16.0 Å². The molecule has 2 nitrogen and oxygen atoms in total. The van der Waals surface area contributed by atoms with Gasteiger partial charge in [0.15, 0.2) is 5.13 Å². The fraction of sp³-hybridized carbons (Fsp3) is 0.308. The van der Waals surface area contributed by atoms with Gasteiger partial charge in [-0.25, -0.2) is 4.98 Å². The fourth-order valence-electron chi connectivity index (χ4n) is 1.73. The van der Waals surface area contributed by atoms with Crippen molar-refractivity contribution < 1.29 is 0 Å². The van der Waals surface area contributed by atoms with Crippen molar-refractivity contribution in [1.82, 2.24) is 4.98 Å². The van der Waals surface area contributed by atoms with Crippen LogP contribution in [0.15, 0.2) is 28.9 Å². The Balaban J connectivity index is 2.07. The third-order valence-electron chi connectivity index (χ3n) is 2.75. The molecule has 0 aliphatic heterocycles. The molecule has 1 aromatic heterocycles. The molecule has 0 unspecified atom stereocenters. The van der Waals surface area contributed by atoms with E-state index in [1.807, 2.05) is 7.05 Å². The number of hydrogen-bond acceptors (Lipinski definition) is 3. The second-order valence-corrected chi connectivity index (χ2v) is 5.74. The van der Waals surface area contributed by atoms with Crippen LogP contribution in [-0.2, 0) is 12.8 Å². The van der Waals surface area contributed by atoms with Gasteiger partial charge in [-0.05, 0) is 46.8 Å². The summed E-state index contributed by atoms with van der Waals surface area (Å²) < 4.78 is 0.973. The molecule has 90 valence electrons. The van der Waals surface area contributed by atoms with Gasteiger partial charge in [-0.3, -0.25) is 0 Å². The third kappa shape index (κ3) is 3.07. The summed E-state index contributed by atoms with van der Waals surface area (Å²) in [6.45, 7) is 2.16. The van der Waals surface area contributed by atoms with Gasteiger partial charge in [0.05, 0.1) is 0 Å². The molecule has 0 saturated carbocycles. The van der Waals surface area contributed by atoms with Gasteiger partial charge in [0.1, 0.15) is 4.60 Å². The third-order valence-corrected chi connectivity index (χ3v) is 4.80. The first-order valence-corrected chi connectivity index (χ1v) is 7.19. The first-order chi connectivity index (χ1) is 8.20. The standard InChI is InChI=1S/C13H15BrN2S/c1-9-5-3-4-6-10(9)7-8-11-12(14)16-13(15-2)17-11/h3-6H,7-8H2,1-2H3,(H,15,16). The Hall–Kier alpha value is -0.870. The van der Waals surface area contributed by atoms with E-state index in [1.54, 1.807) is 11.3 Å². The molecule has 17 heavy (non-hydrogen) atoms. The van der Waals surface area contributed by atoms with Gasteiger partial charge in [0.25, 0.3) is 0 Å². The monoisotopic (exact) mass is 310 g/mol. The van der Waals surface area contributed by atoms with Gasteiger partial charge in [-0.15, -0.1) is 11.3 Å². The number of nitrogens with zero attached hydrogens (tertiary/aromatic N) is 1. The molecule has 0 aliphatic rings. The minimum absolute atomic E-state index is 0.969. The number of nitrogens with one attached hydrogen (secondary N) is 1. The van der Waals surface area contributed by atoms with Crippen LogP contribution in [0.1, 0.15) is 16.0 Å². The molecule has 1 N–H and O–H groups in total. The van der Waals surface area contributed by atoms with E-state index < -0.39 is 0 Å². The SMILES string of the molecule is CNc1nc(Br)c(CCc2ccccc2C)s1. The number of thiazole rings is 1. The molecular formula is C13H15BrN2S. The van der Waals surface area contributed by atoms with E-state index in [0.717, 1.165) is 22.6 Å². The smallest absolute Gasteiger partial charge is 0.183 e. The normalized spacial score (nSPS) is 10.5. The second-order valence-electron chi connectivity index (χ2n) is 3.91. The summed E-state index contributed by atoms with van der Waals surface area (Å²) in [4.78, 5) is 5.69. The van der Waals surface area contributed by atoms with Gasteiger partial charge < -0.3 is 5.32 Å². The summed E-state index contributed by atoms with van der Waals surface area (Å²) in [6.07, 6.45) is 2.10. The molecule has 0 amide bonds. The number of aryl methyl sites for hydroxylation is 3. The maximum Gasteiger partial charge on any atom is 0.183 e. The number of benzene rings is 1. The number of aromatic nitrogens is 1. The Kier molecular flexibility index (Phi) is 4.18. The van der Waals surface area contributed by atoms with Gasteiger partial charge >= 0.3 is 0 Å². The highest BCUT2D eigenvalue weighted by Gasteiger charge is 2.08. The quantitative estimate of drug-likeness (QED) is 0.922. The van der Waals surface area contributed by atoms with Crippen LogP contribution in [0.25, 0.3) is 0 Å². The zero-order valence-corrected chi connectivity index (χ0v) is 12.4.